The molecule has 0 aliphatic rings. The summed E-state index contributed by atoms with van der Waals surface area (Å²) < 4.78 is 66.0. The zero-order valence-electron chi connectivity index (χ0n) is 14.9. The number of ketones is 1. The highest BCUT2D eigenvalue weighted by molar-refractivity contribution is 5.98. The number of alkyl halides is 5. The number of Topliss-reactive ketones (excluding diaryl/α,β-unsaturated/α-hetero) is 1. The lowest BCUT2D eigenvalue weighted by Crippen LogP contribution is -2.35. The average Bonchev–Trinajstić information content (AvgIpc) is 2.51. The van der Waals surface area contributed by atoms with Gasteiger partial charge in [0, 0.05) is 17.5 Å². The third kappa shape index (κ3) is 5.51. The molecule has 0 aliphatic heterocycles. The molecule has 6 heteroatoms. The van der Waals surface area contributed by atoms with E-state index in [0.717, 1.165) is 44.2 Å². The molecule has 1 aromatic carbocycles. The summed E-state index contributed by atoms with van der Waals surface area (Å²) in [5, 5.41) is 0. The van der Waals surface area contributed by atoms with Crippen LogP contribution in [0.4, 0.5) is 22.0 Å². The SMILES string of the molecule is CCCCCCCCC(=O)c1cc(C)c(C)cc1C(F)(F)C(F)(F)F. The van der Waals surface area contributed by atoms with Gasteiger partial charge in [0.2, 0.25) is 0 Å². The molecule has 0 radical (unpaired) electrons. The fourth-order valence-electron chi connectivity index (χ4n) is 2.66. The number of unbranched alkanes of at least 4 members (excludes halogenated alkanes) is 5. The highest BCUT2D eigenvalue weighted by atomic mass is 19.4. The number of aryl methyl sites for hydroxylation is 2. The highest BCUT2D eigenvalue weighted by Gasteiger charge is 2.59. The second-order valence-corrected chi connectivity index (χ2v) is 6.50. The van der Waals surface area contributed by atoms with E-state index >= 15 is 0 Å². The molecule has 0 aromatic heterocycles. The van der Waals surface area contributed by atoms with Crippen molar-refractivity contribution in [2.45, 2.75) is 77.8 Å². The van der Waals surface area contributed by atoms with E-state index in [0.29, 0.717) is 17.5 Å². The van der Waals surface area contributed by atoms with Crippen molar-refractivity contribution in [2.75, 3.05) is 0 Å². The zero-order valence-corrected chi connectivity index (χ0v) is 14.9. The number of halogens is 5. The van der Waals surface area contributed by atoms with Gasteiger partial charge in [-0.25, -0.2) is 0 Å². The third-order valence-corrected chi connectivity index (χ3v) is 4.39. The van der Waals surface area contributed by atoms with Gasteiger partial charge < -0.3 is 0 Å². The number of carbonyl (C=O) groups is 1. The van der Waals surface area contributed by atoms with Crippen LogP contribution in [-0.2, 0) is 5.92 Å². The van der Waals surface area contributed by atoms with Crippen molar-refractivity contribution >= 4 is 5.78 Å². The second-order valence-electron chi connectivity index (χ2n) is 6.50. The lowest BCUT2D eigenvalue weighted by Gasteiger charge is -2.23. The van der Waals surface area contributed by atoms with E-state index in [2.05, 4.69) is 6.92 Å². The van der Waals surface area contributed by atoms with Gasteiger partial charge in [-0.1, -0.05) is 39.0 Å². The molecule has 142 valence electrons. The Labute approximate surface area is 145 Å². The van der Waals surface area contributed by atoms with E-state index in [1.807, 2.05) is 0 Å². The molecule has 0 aliphatic carbocycles. The van der Waals surface area contributed by atoms with Gasteiger partial charge in [0.05, 0.1) is 0 Å². The highest BCUT2D eigenvalue weighted by Crippen LogP contribution is 2.45. The maximum atomic E-state index is 13.8. The Morgan fingerprint density at radius 3 is 1.96 bits per heavy atom. The molecular weight excluding hydrogens is 339 g/mol. The first-order valence-corrected chi connectivity index (χ1v) is 8.61. The van der Waals surface area contributed by atoms with Crippen LogP contribution in [0.5, 0.6) is 0 Å². The molecule has 0 spiro atoms. The molecule has 0 amide bonds. The zero-order chi connectivity index (χ0) is 19.3. The Morgan fingerprint density at radius 1 is 0.880 bits per heavy atom. The Balaban J connectivity index is 2.98. The first-order valence-electron chi connectivity index (χ1n) is 8.61. The van der Waals surface area contributed by atoms with Crippen LogP contribution in [0.25, 0.3) is 0 Å². The van der Waals surface area contributed by atoms with Crippen LogP contribution in [0.1, 0.15) is 78.9 Å². The molecule has 0 fully saturated rings. The maximum Gasteiger partial charge on any atom is 0.458 e. The molecule has 0 saturated carbocycles. The summed E-state index contributed by atoms with van der Waals surface area (Å²) in [6.07, 6.45) is -0.358. The van der Waals surface area contributed by atoms with Crippen LogP contribution in [0, 0.1) is 13.8 Å². The number of carbonyl (C=O) groups excluding carboxylic acids is 1. The molecule has 25 heavy (non-hydrogen) atoms. The number of benzene rings is 1. The Kier molecular flexibility index (Phi) is 7.57. The van der Waals surface area contributed by atoms with Gasteiger partial charge in [-0.05, 0) is 43.5 Å². The van der Waals surface area contributed by atoms with Crippen LogP contribution in [0.15, 0.2) is 12.1 Å². The van der Waals surface area contributed by atoms with Crippen molar-refractivity contribution in [3.05, 3.63) is 34.4 Å². The normalized spacial score (nSPS) is 12.5. The van der Waals surface area contributed by atoms with Crippen LogP contribution in [0.2, 0.25) is 0 Å². The molecule has 0 unspecified atom stereocenters. The van der Waals surface area contributed by atoms with Crippen molar-refractivity contribution in [3.8, 4) is 0 Å². The molecular formula is C19H25F5O. The fourth-order valence-corrected chi connectivity index (χ4v) is 2.66. The quantitative estimate of drug-likeness (QED) is 0.265. The standard InChI is InChI=1S/C19H25F5O/c1-4-5-6-7-8-9-10-17(25)15-11-13(2)14(3)12-16(15)18(20,21)19(22,23)24/h11-12H,4-10H2,1-3H3. The van der Waals surface area contributed by atoms with Crippen LogP contribution >= 0.6 is 0 Å². The molecule has 1 aromatic rings. The topological polar surface area (TPSA) is 17.1 Å². The van der Waals surface area contributed by atoms with Crippen molar-refractivity contribution in [2.24, 2.45) is 0 Å². The van der Waals surface area contributed by atoms with E-state index in [-0.39, 0.29) is 6.42 Å². The van der Waals surface area contributed by atoms with E-state index in [4.69, 9.17) is 0 Å². The summed E-state index contributed by atoms with van der Waals surface area (Å²) >= 11 is 0. The lowest BCUT2D eigenvalue weighted by molar-refractivity contribution is -0.289. The fraction of sp³-hybridized carbons (Fsp3) is 0.632. The molecule has 1 rings (SSSR count). The monoisotopic (exact) mass is 364 g/mol. The van der Waals surface area contributed by atoms with Gasteiger partial charge in [0.25, 0.3) is 0 Å². The lowest BCUT2D eigenvalue weighted by atomic mass is 9.91. The molecule has 1 nitrogen and oxygen atoms in total. The summed E-state index contributed by atoms with van der Waals surface area (Å²) in [6, 6.07) is 1.95. The van der Waals surface area contributed by atoms with Crippen molar-refractivity contribution < 1.29 is 26.7 Å². The van der Waals surface area contributed by atoms with Gasteiger partial charge in [0.15, 0.2) is 5.78 Å². The largest absolute Gasteiger partial charge is 0.458 e. The summed E-state index contributed by atoms with van der Waals surface area (Å²) in [6.45, 7) is 5.12. The van der Waals surface area contributed by atoms with Crippen molar-refractivity contribution in [1.82, 2.24) is 0 Å². The second kappa shape index (κ2) is 8.77. The smallest absolute Gasteiger partial charge is 0.294 e. The van der Waals surface area contributed by atoms with Crippen molar-refractivity contribution in [1.29, 1.82) is 0 Å². The number of hydrogen-bond acceptors (Lipinski definition) is 1. The summed E-state index contributed by atoms with van der Waals surface area (Å²) in [5.74, 6) is -5.70. The Bertz CT molecular complexity index is 590. The van der Waals surface area contributed by atoms with Gasteiger partial charge in [-0.3, -0.25) is 4.79 Å². The first-order chi connectivity index (χ1) is 11.5. The van der Waals surface area contributed by atoms with Gasteiger partial charge >= 0.3 is 12.1 Å². The van der Waals surface area contributed by atoms with Gasteiger partial charge in [-0.2, -0.15) is 22.0 Å². The first kappa shape index (κ1) is 21.6. The molecule has 0 saturated heterocycles. The van der Waals surface area contributed by atoms with Crippen LogP contribution in [0.3, 0.4) is 0 Å². The van der Waals surface area contributed by atoms with Gasteiger partial charge in [0.1, 0.15) is 0 Å². The van der Waals surface area contributed by atoms with E-state index in [1.165, 1.54) is 6.92 Å². The van der Waals surface area contributed by atoms with E-state index in [9.17, 15) is 26.7 Å². The van der Waals surface area contributed by atoms with Crippen LogP contribution < -0.4 is 0 Å². The van der Waals surface area contributed by atoms with E-state index < -0.39 is 29.0 Å². The van der Waals surface area contributed by atoms with Gasteiger partial charge in [-0.15, -0.1) is 0 Å². The molecule has 0 N–H and O–H groups in total. The number of rotatable bonds is 9. The minimum absolute atomic E-state index is 0.0183. The average molecular weight is 364 g/mol. The predicted octanol–water partition coefficient (Wildman–Crippen LogP) is 6.89. The Hall–Kier alpha value is -1.46. The molecule has 0 heterocycles. The van der Waals surface area contributed by atoms with Crippen molar-refractivity contribution in [3.63, 3.8) is 0 Å². The molecule has 0 atom stereocenters. The third-order valence-electron chi connectivity index (χ3n) is 4.39. The van der Waals surface area contributed by atoms with Crippen LogP contribution in [-0.4, -0.2) is 12.0 Å². The summed E-state index contributed by atoms with van der Waals surface area (Å²) in [4.78, 5) is 12.3. The maximum absolute atomic E-state index is 13.8. The predicted molar refractivity (Wildman–Crippen MR) is 88.2 cm³/mol. The minimum Gasteiger partial charge on any atom is -0.294 e. The summed E-state index contributed by atoms with van der Waals surface area (Å²) in [7, 11) is 0. The Morgan fingerprint density at radius 2 is 1.40 bits per heavy atom. The number of hydrogen-bond donors (Lipinski definition) is 0. The minimum atomic E-state index is -5.73. The van der Waals surface area contributed by atoms with E-state index in [1.54, 1.807) is 6.92 Å². The summed E-state index contributed by atoms with van der Waals surface area (Å²) in [5.41, 5.74) is -0.930. The molecule has 0 bridgehead atoms.